The molecule has 4 nitrogen and oxygen atoms in total. The van der Waals surface area contributed by atoms with Crippen LogP contribution in [0.1, 0.15) is 38.2 Å². The number of morpholine rings is 1. The van der Waals surface area contributed by atoms with Crippen molar-refractivity contribution in [1.29, 1.82) is 0 Å². The fourth-order valence-corrected chi connectivity index (χ4v) is 3.95. The maximum Gasteiger partial charge on any atom is 0.237 e. The molecule has 4 heteroatoms. The van der Waals surface area contributed by atoms with E-state index in [0.29, 0.717) is 0 Å². The van der Waals surface area contributed by atoms with Crippen LogP contribution < -0.4 is 5.32 Å². The van der Waals surface area contributed by atoms with E-state index in [2.05, 4.69) is 40.5 Å². The van der Waals surface area contributed by atoms with Crippen LogP contribution in [-0.2, 0) is 14.9 Å². The molecule has 1 aromatic carbocycles. The lowest BCUT2D eigenvalue weighted by Crippen LogP contribution is -2.51. The number of hydrogen-bond acceptors (Lipinski definition) is 3. The highest BCUT2D eigenvalue weighted by molar-refractivity contribution is 5.81. The monoisotopic (exact) mass is 316 g/mol. The maximum absolute atomic E-state index is 12.6. The Balaban J connectivity index is 1.62. The number of rotatable bonds is 5. The van der Waals surface area contributed by atoms with Crippen LogP contribution >= 0.6 is 0 Å². The first-order valence-electron chi connectivity index (χ1n) is 8.86. The molecule has 1 aliphatic heterocycles. The van der Waals surface area contributed by atoms with Crippen molar-refractivity contribution in [2.75, 3.05) is 32.8 Å². The Bertz CT molecular complexity index is 505. The van der Waals surface area contributed by atoms with Gasteiger partial charge in [-0.05, 0) is 25.3 Å². The molecule has 126 valence electrons. The molecule has 0 radical (unpaired) electrons. The van der Waals surface area contributed by atoms with Gasteiger partial charge in [-0.15, -0.1) is 0 Å². The minimum Gasteiger partial charge on any atom is -0.379 e. The van der Waals surface area contributed by atoms with E-state index in [0.717, 1.165) is 32.8 Å². The molecule has 2 fully saturated rings. The van der Waals surface area contributed by atoms with Gasteiger partial charge in [0.1, 0.15) is 0 Å². The fourth-order valence-electron chi connectivity index (χ4n) is 3.95. The second-order valence-corrected chi connectivity index (χ2v) is 6.90. The third-order valence-electron chi connectivity index (χ3n) is 5.52. The van der Waals surface area contributed by atoms with E-state index in [1.165, 1.54) is 31.2 Å². The molecular weight excluding hydrogens is 288 g/mol. The highest BCUT2D eigenvalue weighted by Gasteiger charge is 2.36. The number of nitrogens with zero attached hydrogens (tertiary/aromatic N) is 1. The molecule has 1 N–H and O–H groups in total. The lowest BCUT2D eigenvalue weighted by Gasteiger charge is -2.34. The highest BCUT2D eigenvalue weighted by Crippen LogP contribution is 2.40. The van der Waals surface area contributed by atoms with Gasteiger partial charge in [0.25, 0.3) is 0 Å². The van der Waals surface area contributed by atoms with Gasteiger partial charge in [-0.3, -0.25) is 9.69 Å². The lowest BCUT2D eigenvalue weighted by molar-refractivity contribution is -0.127. The van der Waals surface area contributed by atoms with Crippen LogP contribution in [0.2, 0.25) is 0 Å². The largest absolute Gasteiger partial charge is 0.379 e. The van der Waals surface area contributed by atoms with Gasteiger partial charge in [0, 0.05) is 25.0 Å². The predicted octanol–water partition coefficient (Wildman–Crippen LogP) is 2.34. The summed E-state index contributed by atoms with van der Waals surface area (Å²) in [5, 5.41) is 3.24. The van der Waals surface area contributed by atoms with Gasteiger partial charge < -0.3 is 10.1 Å². The first-order chi connectivity index (χ1) is 11.2. The molecule has 0 unspecified atom stereocenters. The Morgan fingerprint density at radius 3 is 2.52 bits per heavy atom. The van der Waals surface area contributed by atoms with Gasteiger partial charge in [0.15, 0.2) is 0 Å². The molecule has 1 atom stereocenters. The molecule has 1 heterocycles. The van der Waals surface area contributed by atoms with E-state index in [1.54, 1.807) is 0 Å². The molecule has 0 spiro atoms. The van der Waals surface area contributed by atoms with Crippen molar-refractivity contribution in [2.24, 2.45) is 0 Å². The fraction of sp³-hybridized carbons (Fsp3) is 0.632. The summed E-state index contributed by atoms with van der Waals surface area (Å²) >= 11 is 0. The van der Waals surface area contributed by atoms with Crippen molar-refractivity contribution in [3.8, 4) is 0 Å². The first kappa shape index (κ1) is 16.5. The smallest absolute Gasteiger partial charge is 0.237 e. The van der Waals surface area contributed by atoms with Crippen molar-refractivity contribution in [1.82, 2.24) is 10.2 Å². The summed E-state index contributed by atoms with van der Waals surface area (Å²) in [7, 11) is 0. The van der Waals surface area contributed by atoms with Gasteiger partial charge in [-0.25, -0.2) is 0 Å². The number of carbonyl (C=O) groups excluding carboxylic acids is 1. The van der Waals surface area contributed by atoms with Crippen molar-refractivity contribution >= 4 is 5.91 Å². The quantitative estimate of drug-likeness (QED) is 0.906. The van der Waals surface area contributed by atoms with Gasteiger partial charge in [-0.1, -0.05) is 43.2 Å². The maximum atomic E-state index is 12.6. The molecule has 3 rings (SSSR count). The van der Waals surface area contributed by atoms with Crippen LogP contribution in [0.5, 0.6) is 0 Å². The Kier molecular flexibility index (Phi) is 5.34. The Hall–Kier alpha value is -1.39. The third-order valence-corrected chi connectivity index (χ3v) is 5.52. The van der Waals surface area contributed by atoms with E-state index in [1.807, 2.05) is 6.92 Å². The topological polar surface area (TPSA) is 41.6 Å². The number of ether oxygens (including phenoxy) is 1. The summed E-state index contributed by atoms with van der Waals surface area (Å²) in [6.07, 6.45) is 4.85. The Labute approximate surface area is 139 Å². The predicted molar refractivity (Wildman–Crippen MR) is 91.5 cm³/mol. The SMILES string of the molecule is C[C@H](C(=O)NCC1(c2ccccc2)CCCC1)N1CCOCC1. The van der Waals surface area contributed by atoms with Gasteiger partial charge in [-0.2, -0.15) is 0 Å². The summed E-state index contributed by atoms with van der Waals surface area (Å²) in [6, 6.07) is 10.6. The van der Waals surface area contributed by atoms with Gasteiger partial charge >= 0.3 is 0 Å². The first-order valence-corrected chi connectivity index (χ1v) is 8.86. The normalized spacial score (nSPS) is 22.7. The second kappa shape index (κ2) is 7.45. The molecule has 1 saturated carbocycles. The molecule has 1 aromatic rings. The lowest BCUT2D eigenvalue weighted by atomic mass is 9.79. The van der Waals surface area contributed by atoms with Crippen molar-refractivity contribution in [3.05, 3.63) is 35.9 Å². The van der Waals surface area contributed by atoms with Crippen molar-refractivity contribution in [3.63, 3.8) is 0 Å². The Morgan fingerprint density at radius 1 is 1.22 bits per heavy atom. The van der Waals surface area contributed by atoms with Gasteiger partial charge in [0.05, 0.1) is 19.3 Å². The molecule has 1 saturated heterocycles. The summed E-state index contributed by atoms with van der Waals surface area (Å²) < 4.78 is 5.37. The molecule has 23 heavy (non-hydrogen) atoms. The number of carbonyl (C=O) groups is 1. The van der Waals surface area contributed by atoms with Gasteiger partial charge in [0.2, 0.25) is 5.91 Å². The zero-order valence-corrected chi connectivity index (χ0v) is 14.1. The number of amides is 1. The molecule has 1 aliphatic carbocycles. The molecular formula is C19H28N2O2. The minimum absolute atomic E-state index is 0.0758. The summed E-state index contributed by atoms with van der Waals surface area (Å²) in [5.74, 6) is 0.147. The average Bonchev–Trinajstić information content (AvgIpc) is 3.11. The Morgan fingerprint density at radius 2 is 1.87 bits per heavy atom. The standard InChI is InChI=1S/C19H28N2O2/c1-16(21-11-13-23-14-12-21)18(22)20-15-19(9-5-6-10-19)17-7-3-2-4-8-17/h2-4,7-8,16H,5-6,9-15H2,1H3,(H,20,22)/t16-/m1/s1. The van der Waals surface area contributed by atoms with Crippen LogP contribution in [0, 0.1) is 0 Å². The van der Waals surface area contributed by atoms with E-state index in [-0.39, 0.29) is 17.4 Å². The molecule has 2 aliphatic rings. The van der Waals surface area contributed by atoms with E-state index in [4.69, 9.17) is 4.74 Å². The van der Waals surface area contributed by atoms with E-state index in [9.17, 15) is 4.79 Å². The summed E-state index contributed by atoms with van der Waals surface area (Å²) in [6.45, 7) is 5.91. The van der Waals surface area contributed by atoms with Crippen LogP contribution in [0.15, 0.2) is 30.3 Å². The van der Waals surface area contributed by atoms with Crippen LogP contribution in [0.3, 0.4) is 0 Å². The average molecular weight is 316 g/mol. The molecule has 1 amide bonds. The zero-order chi connectivity index (χ0) is 16.1. The van der Waals surface area contributed by atoms with Crippen LogP contribution in [-0.4, -0.2) is 49.7 Å². The molecule has 0 aromatic heterocycles. The van der Waals surface area contributed by atoms with Crippen LogP contribution in [0.25, 0.3) is 0 Å². The second-order valence-electron chi connectivity index (χ2n) is 6.90. The molecule has 0 bridgehead atoms. The number of nitrogens with one attached hydrogen (secondary N) is 1. The highest BCUT2D eigenvalue weighted by atomic mass is 16.5. The third kappa shape index (κ3) is 3.75. The van der Waals surface area contributed by atoms with Crippen molar-refractivity contribution < 1.29 is 9.53 Å². The summed E-state index contributed by atoms with van der Waals surface area (Å²) in [5.41, 5.74) is 1.50. The van der Waals surface area contributed by atoms with Crippen molar-refractivity contribution in [2.45, 2.75) is 44.1 Å². The number of hydrogen-bond donors (Lipinski definition) is 1. The summed E-state index contributed by atoms with van der Waals surface area (Å²) in [4.78, 5) is 14.8. The zero-order valence-electron chi connectivity index (χ0n) is 14.1. The number of benzene rings is 1. The minimum atomic E-state index is -0.0758. The van der Waals surface area contributed by atoms with E-state index >= 15 is 0 Å². The van der Waals surface area contributed by atoms with Crippen LogP contribution in [0.4, 0.5) is 0 Å². The van der Waals surface area contributed by atoms with E-state index < -0.39 is 0 Å².